The van der Waals surface area contributed by atoms with Crippen molar-refractivity contribution < 1.29 is 22.9 Å². The van der Waals surface area contributed by atoms with Gasteiger partial charge in [-0.3, -0.25) is 19.2 Å². The fourth-order valence-electron chi connectivity index (χ4n) is 2.65. The van der Waals surface area contributed by atoms with Gasteiger partial charge in [0.05, 0.1) is 18.3 Å². The van der Waals surface area contributed by atoms with Gasteiger partial charge in [-0.25, -0.2) is 8.42 Å². The number of sulfonamides is 1. The molecule has 29 heavy (non-hydrogen) atoms. The van der Waals surface area contributed by atoms with E-state index in [-0.39, 0.29) is 28.3 Å². The molecule has 0 spiro atoms. The number of methoxy groups -OCH3 is 1. The van der Waals surface area contributed by atoms with Crippen LogP contribution in [0.3, 0.4) is 0 Å². The fourth-order valence-corrected chi connectivity index (χ4v) is 4.67. The van der Waals surface area contributed by atoms with Crippen LogP contribution in [0.2, 0.25) is 0 Å². The third-order valence-electron chi connectivity index (χ3n) is 3.88. The summed E-state index contributed by atoms with van der Waals surface area (Å²) in [4.78, 5) is 23.3. The topological polar surface area (TPSA) is 119 Å². The lowest BCUT2D eigenvalue weighted by atomic mass is 10.1. The van der Waals surface area contributed by atoms with Crippen molar-refractivity contribution in [1.29, 1.82) is 0 Å². The van der Waals surface area contributed by atoms with E-state index in [1.54, 1.807) is 18.7 Å². The average molecular weight is 448 g/mol. The highest BCUT2D eigenvalue weighted by Gasteiger charge is 2.34. The first kappa shape index (κ1) is 25.0. The zero-order chi connectivity index (χ0) is 22.4. The van der Waals surface area contributed by atoms with Crippen molar-refractivity contribution in [3.05, 3.63) is 28.3 Å². The maximum atomic E-state index is 12.8. The Balaban J connectivity index is 3.24. The maximum Gasteiger partial charge on any atom is 0.271 e. The number of thioether (sulfide) groups is 1. The summed E-state index contributed by atoms with van der Waals surface area (Å²) in [6.07, 6.45) is 1.13. The number of carbonyl (C=O) groups is 1. The molecule has 1 N–H and O–H groups in total. The molecule has 0 saturated carbocycles. The summed E-state index contributed by atoms with van der Waals surface area (Å²) in [5.74, 6) is 0.321. The van der Waals surface area contributed by atoms with Crippen molar-refractivity contribution >= 4 is 39.1 Å². The van der Waals surface area contributed by atoms with Crippen LogP contribution in [0.4, 0.5) is 11.4 Å². The van der Waals surface area contributed by atoms with E-state index in [1.807, 2.05) is 0 Å². The molecule has 0 aliphatic carbocycles. The lowest BCUT2D eigenvalue weighted by molar-refractivity contribution is -0.384. The van der Waals surface area contributed by atoms with Crippen molar-refractivity contribution in [2.75, 3.05) is 30.0 Å². The second-order valence-corrected chi connectivity index (χ2v) is 11.1. The van der Waals surface area contributed by atoms with Gasteiger partial charge in [0.15, 0.2) is 0 Å². The minimum atomic E-state index is -3.94. The molecule has 0 aliphatic heterocycles. The second-order valence-electron chi connectivity index (χ2n) is 7.35. The Morgan fingerprint density at radius 3 is 2.45 bits per heavy atom. The number of hydrogen-bond donors (Lipinski definition) is 1. The van der Waals surface area contributed by atoms with E-state index in [0.29, 0.717) is 12.3 Å². The van der Waals surface area contributed by atoms with Gasteiger partial charge >= 0.3 is 0 Å². The third-order valence-corrected chi connectivity index (χ3v) is 6.32. The predicted octanol–water partition coefficient (Wildman–Crippen LogP) is 2.80. The Bertz CT molecular complexity index is 836. The first-order valence-electron chi connectivity index (χ1n) is 9.05. The Morgan fingerprint density at radius 2 is 2.00 bits per heavy atom. The van der Waals surface area contributed by atoms with Crippen LogP contribution in [0.25, 0.3) is 0 Å². The number of amides is 1. The van der Waals surface area contributed by atoms with Gasteiger partial charge in [0, 0.05) is 29.2 Å². The molecule has 1 aromatic carbocycles. The number of nitro benzene ring substituents is 1. The monoisotopic (exact) mass is 447 g/mol. The van der Waals surface area contributed by atoms with Gasteiger partial charge in [0.25, 0.3) is 5.69 Å². The number of anilines is 1. The number of ether oxygens (including phenoxy) is 1. The predicted molar refractivity (Wildman–Crippen MR) is 116 cm³/mol. The van der Waals surface area contributed by atoms with Gasteiger partial charge in [-0.1, -0.05) is 27.7 Å². The van der Waals surface area contributed by atoms with Gasteiger partial charge in [0.1, 0.15) is 17.5 Å². The molecule has 1 aromatic rings. The molecule has 11 heteroatoms. The van der Waals surface area contributed by atoms with Crippen LogP contribution in [0.15, 0.2) is 18.2 Å². The SMILES string of the molecule is CC[C@H](C(=O)NCCSC(C)(C)C)N(c1cc([N+](=O)[O-])ccc1OC)S(C)(=O)=O. The molecule has 0 aliphatic rings. The normalized spacial score (nSPS) is 12.9. The number of nitrogens with one attached hydrogen (secondary N) is 1. The van der Waals surface area contributed by atoms with Gasteiger partial charge in [0.2, 0.25) is 15.9 Å². The minimum absolute atomic E-state index is 0.0457. The van der Waals surface area contributed by atoms with Crippen LogP contribution in [0.5, 0.6) is 5.75 Å². The van der Waals surface area contributed by atoms with Crippen molar-refractivity contribution in [2.45, 2.75) is 44.9 Å². The molecule has 0 bridgehead atoms. The molecule has 1 rings (SSSR count). The number of hydrogen-bond acceptors (Lipinski definition) is 7. The molecular weight excluding hydrogens is 418 g/mol. The van der Waals surface area contributed by atoms with E-state index in [0.717, 1.165) is 16.6 Å². The summed E-state index contributed by atoms with van der Waals surface area (Å²) in [6.45, 7) is 8.24. The van der Waals surface area contributed by atoms with E-state index in [4.69, 9.17) is 4.74 Å². The molecular formula is C18H29N3O6S2. The first-order valence-corrected chi connectivity index (χ1v) is 11.9. The summed E-state index contributed by atoms with van der Waals surface area (Å²) >= 11 is 1.67. The van der Waals surface area contributed by atoms with E-state index < -0.39 is 26.9 Å². The number of non-ortho nitro benzene ring substituents is 1. The van der Waals surface area contributed by atoms with Crippen LogP contribution in [-0.2, 0) is 14.8 Å². The van der Waals surface area contributed by atoms with Crippen LogP contribution in [-0.4, -0.2) is 55.7 Å². The summed E-state index contributed by atoms with van der Waals surface area (Å²) in [7, 11) is -2.61. The smallest absolute Gasteiger partial charge is 0.271 e. The molecule has 0 fully saturated rings. The molecule has 1 atom stereocenters. The average Bonchev–Trinajstić information content (AvgIpc) is 2.60. The Kier molecular flexibility index (Phi) is 8.76. The van der Waals surface area contributed by atoms with Gasteiger partial charge < -0.3 is 10.1 Å². The molecule has 1 amide bonds. The summed E-state index contributed by atoms with van der Waals surface area (Å²) < 4.78 is 31.3. The second kappa shape index (κ2) is 10.1. The zero-order valence-electron chi connectivity index (χ0n) is 17.6. The molecule has 0 saturated heterocycles. The Hall–Kier alpha value is -2.01. The molecule has 9 nitrogen and oxygen atoms in total. The number of rotatable bonds is 10. The summed E-state index contributed by atoms with van der Waals surface area (Å²) in [6, 6.07) is 2.57. The zero-order valence-corrected chi connectivity index (χ0v) is 19.2. The highest BCUT2D eigenvalue weighted by molar-refractivity contribution is 8.00. The highest BCUT2D eigenvalue weighted by atomic mass is 32.2. The largest absolute Gasteiger partial charge is 0.495 e. The highest BCUT2D eigenvalue weighted by Crippen LogP contribution is 2.35. The summed E-state index contributed by atoms with van der Waals surface area (Å²) in [5, 5.41) is 13.9. The lowest BCUT2D eigenvalue weighted by Gasteiger charge is -2.31. The quantitative estimate of drug-likeness (QED) is 0.333. The van der Waals surface area contributed by atoms with E-state index >= 15 is 0 Å². The van der Waals surface area contributed by atoms with E-state index in [9.17, 15) is 23.3 Å². The number of carbonyl (C=O) groups excluding carboxylic acids is 1. The number of nitrogens with zero attached hydrogens (tertiary/aromatic N) is 2. The number of benzene rings is 1. The van der Waals surface area contributed by atoms with Crippen LogP contribution < -0.4 is 14.4 Å². The van der Waals surface area contributed by atoms with Crippen molar-refractivity contribution in [3.63, 3.8) is 0 Å². The van der Waals surface area contributed by atoms with Gasteiger partial charge in [-0.15, -0.1) is 0 Å². The van der Waals surface area contributed by atoms with E-state index in [1.165, 1.54) is 19.2 Å². The maximum absolute atomic E-state index is 12.8. The lowest BCUT2D eigenvalue weighted by Crippen LogP contribution is -2.49. The van der Waals surface area contributed by atoms with Crippen molar-refractivity contribution in [3.8, 4) is 5.75 Å². The molecule has 0 radical (unpaired) electrons. The molecule has 0 aromatic heterocycles. The first-order chi connectivity index (χ1) is 13.3. The summed E-state index contributed by atoms with van der Waals surface area (Å²) in [5.41, 5.74) is -0.346. The molecule has 164 valence electrons. The minimum Gasteiger partial charge on any atom is -0.495 e. The molecule has 0 heterocycles. The number of nitro groups is 1. The van der Waals surface area contributed by atoms with Crippen LogP contribution in [0.1, 0.15) is 34.1 Å². The third kappa shape index (κ3) is 7.39. The Morgan fingerprint density at radius 1 is 1.38 bits per heavy atom. The van der Waals surface area contributed by atoms with Gasteiger partial charge in [-0.2, -0.15) is 11.8 Å². The van der Waals surface area contributed by atoms with Crippen molar-refractivity contribution in [1.82, 2.24) is 5.32 Å². The standard InChI is InChI=1S/C18H29N3O6S2/c1-7-14(17(22)19-10-11-28-18(2,3)4)20(29(6,25)26)15-12-13(21(23)24)8-9-16(15)27-5/h8-9,12,14H,7,10-11H2,1-6H3,(H,19,22)/t14-/m1/s1. The van der Waals surface area contributed by atoms with Crippen LogP contribution in [0, 0.1) is 10.1 Å². The molecule has 0 unspecified atom stereocenters. The Labute approximate surface area is 176 Å². The van der Waals surface area contributed by atoms with Crippen molar-refractivity contribution in [2.24, 2.45) is 0 Å². The van der Waals surface area contributed by atoms with Crippen LogP contribution >= 0.6 is 11.8 Å². The van der Waals surface area contributed by atoms with Gasteiger partial charge in [-0.05, 0) is 12.5 Å². The van der Waals surface area contributed by atoms with E-state index in [2.05, 4.69) is 26.1 Å². The fraction of sp³-hybridized carbons (Fsp3) is 0.611.